The molecular formula is C30H48O5. The highest BCUT2D eigenvalue weighted by molar-refractivity contribution is 5.99. The van der Waals surface area contributed by atoms with Gasteiger partial charge < -0.3 is 14.6 Å². The van der Waals surface area contributed by atoms with Crippen molar-refractivity contribution in [3.05, 3.63) is 11.6 Å². The SMILES string of the molecule is CC=C1C(=O)[C@H]2[C@@H]3CC[C@H](C(C)CC(OCC)(OCC)C(=O)O)[C@@]3(C)CC[C@@H]2[C@@]2(C)CCCCC12. The number of hydrogen-bond acceptors (Lipinski definition) is 4. The molecule has 1 N–H and O–H groups in total. The molecule has 0 bridgehead atoms. The third kappa shape index (κ3) is 4.13. The topological polar surface area (TPSA) is 72.8 Å². The summed E-state index contributed by atoms with van der Waals surface area (Å²) in [6.07, 6.45) is 11.8. The Hall–Kier alpha value is -1.20. The van der Waals surface area contributed by atoms with E-state index in [2.05, 4.69) is 33.8 Å². The first-order valence-corrected chi connectivity index (χ1v) is 14.3. The van der Waals surface area contributed by atoms with Gasteiger partial charge in [-0.15, -0.1) is 0 Å². The summed E-state index contributed by atoms with van der Waals surface area (Å²) in [5, 5.41) is 10.1. The monoisotopic (exact) mass is 488 g/mol. The van der Waals surface area contributed by atoms with E-state index in [-0.39, 0.29) is 22.7 Å². The van der Waals surface area contributed by atoms with Gasteiger partial charge in [0, 0.05) is 25.6 Å². The van der Waals surface area contributed by atoms with Gasteiger partial charge in [-0.1, -0.05) is 39.7 Å². The van der Waals surface area contributed by atoms with E-state index in [4.69, 9.17) is 9.47 Å². The number of rotatable bonds is 8. The molecule has 4 aliphatic carbocycles. The van der Waals surface area contributed by atoms with E-state index < -0.39 is 11.8 Å². The first-order chi connectivity index (χ1) is 16.6. The Morgan fingerprint density at radius 3 is 2.31 bits per heavy atom. The predicted octanol–water partition coefficient (Wildman–Crippen LogP) is 6.65. The van der Waals surface area contributed by atoms with E-state index in [9.17, 15) is 14.7 Å². The Morgan fingerprint density at radius 2 is 1.71 bits per heavy atom. The zero-order valence-electron chi connectivity index (χ0n) is 22.9. The molecule has 0 heterocycles. The van der Waals surface area contributed by atoms with Gasteiger partial charge >= 0.3 is 5.97 Å². The van der Waals surface area contributed by atoms with Crippen molar-refractivity contribution in [2.75, 3.05) is 13.2 Å². The first kappa shape index (κ1) is 26.9. The fourth-order valence-electron chi connectivity index (χ4n) is 9.64. The van der Waals surface area contributed by atoms with Gasteiger partial charge in [0.25, 0.3) is 5.79 Å². The van der Waals surface area contributed by atoms with Crippen LogP contribution in [-0.2, 0) is 19.1 Å². The number of hydrogen-bond donors (Lipinski definition) is 1. The number of ether oxygens (including phenoxy) is 2. The summed E-state index contributed by atoms with van der Waals surface area (Å²) in [6, 6.07) is 0. The van der Waals surface area contributed by atoms with Crippen LogP contribution in [0.3, 0.4) is 0 Å². The van der Waals surface area contributed by atoms with Gasteiger partial charge in [-0.2, -0.15) is 0 Å². The van der Waals surface area contributed by atoms with Crippen molar-refractivity contribution in [3.63, 3.8) is 0 Å². The third-order valence-corrected chi connectivity index (χ3v) is 11.1. The minimum atomic E-state index is -1.59. The van der Waals surface area contributed by atoms with Gasteiger partial charge in [0.1, 0.15) is 0 Å². The highest BCUT2D eigenvalue weighted by Gasteiger charge is 2.64. The van der Waals surface area contributed by atoms with Crippen molar-refractivity contribution in [2.24, 2.45) is 46.3 Å². The molecule has 35 heavy (non-hydrogen) atoms. The average Bonchev–Trinajstić information content (AvgIpc) is 3.17. The van der Waals surface area contributed by atoms with Crippen molar-refractivity contribution in [1.29, 1.82) is 0 Å². The number of carboxylic acid groups (broad SMARTS) is 1. The standard InChI is InChI=1S/C30H48O5/c1-7-20-22-12-10-11-16-28(22,5)24-15-17-29(6)21(13-14-23(29)25(24)26(20)31)19(4)18-30(27(32)33,34-8-2)35-9-3/h7,19,21-25H,8-18H2,1-6H3,(H,32,33)/t19?,21-,22?,23+,24+,25+,28+,29-/m1/s1. The quantitative estimate of drug-likeness (QED) is 0.306. The third-order valence-electron chi connectivity index (χ3n) is 11.1. The second-order valence-corrected chi connectivity index (χ2v) is 12.5. The maximum Gasteiger partial charge on any atom is 0.364 e. The number of allylic oxidation sites excluding steroid dienone is 2. The van der Waals surface area contributed by atoms with Crippen LogP contribution in [0, 0.1) is 46.3 Å². The van der Waals surface area contributed by atoms with Crippen molar-refractivity contribution < 1.29 is 24.2 Å². The zero-order chi connectivity index (χ0) is 25.6. The maximum atomic E-state index is 14.1. The molecule has 4 saturated carbocycles. The molecule has 4 aliphatic rings. The molecule has 0 aliphatic heterocycles. The van der Waals surface area contributed by atoms with Gasteiger partial charge in [-0.3, -0.25) is 4.79 Å². The normalized spacial score (nSPS) is 41.3. The van der Waals surface area contributed by atoms with Crippen LogP contribution in [0.5, 0.6) is 0 Å². The molecule has 4 fully saturated rings. The van der Waals surface area contributed by atoms with Crippen LogP contribution in [-0.4, -0.2) is 35.9 Å². The van der Waals surface area contributed by atoms with Gasteiger partial charge in [0.2, 0.25) is 0 Å². The minimum absolute atomic E-state index is 0.0512. The fourth-order valence-corrected chi connectivity index (χ4v) is 9.64. The van der Waals surface area contributed by atoms with E-state index >= 15 is 0 Å². The van der Waals surface area contributed by atoms with Gasteiger partial charge in [-0.25, -0.2) is 4.79 Å². The Bertz CT molecular complexity index is 842. The summed E-state index contributed by atoms with van der Waals surface area (Å²) in [5.41, 5.74) is 1.41. The van der Waals surface area contributed by atoms with E-state index in [1.807, 2.05) is 13.8 Å². The number of fused-ring (bicyclic) bond motifs is 5. The van der Waals surface area contributed by atoms with Crippen LogP contribution in [0.25, 0.3) is 0 Å². The highest BCUT2D eigenvalue weighted by Crippen LogP contribution is 2.68. The molecule has 0 radical (unpaired) electrons. The molecule has 0 aromatic heterocycles. The van der Waals surface area contributed by atoms with E-state index in [1.54, 1.807) is 0 Å². The van der Waals surface area contributed by atoms with Crippen LogP contribution in [0.1, 0.15) is 99.3 Å². The minimum Gasteiger partial charge on any atom is -0.477 e. The maximum absolute atomic E-state index is 14.1. The van der Waals surface area contributed by atoms with Gasteiger partial charge in [0.05, 0.1) is 0 Å². The number of Topliss-reactive ketones (excluding diaryl/α,β-unsaturated/α-hetero) is 1. The molecule has 5 nitrogen and oxygen atoms in total. The van der Waals surface area contributed by atoms with Crippen molar-refractivity contribution in [3.8, 4) is 0 Å². The lowest BCUT2D eigenvalue weighted by Crippen LogP contribution is -2.57. The summed E-state index contributed by atoms with van der Waals surface area (Å²) in [5.74, 6) is -0.252. The molecule has 5 heteroatoms. The van der Waals surface area contributed by atoms with Crippen molar-refractivity contribution in [2.45, 2.75) is 105 Å². The molecule has 2 unspecified atom stereocenters. The zero-order valence-corrected chi connectivity index (χ0v) is 22.9. The predicted molar refractivity (Wildman–Crippen MR) is 137 cm³/mol. The highest BCUT2D eigenvalue weighted by atomic mass is 16.7. The first-order valence-electron chi connectivity index (χ1n) is 14.3. The molecule has 4 rings (SSSR count). The molecule has 8 atom stereocenters. The number of ketones is 1. The van der Waals surface area contributed by atoms with Crippen LogP contribution in [0.4, 0.5) is 0 Å². The summed E-state index contributed by atoms with van der Waals surface area (Å²) in [6.45, 7) is 13.4. The Balaban J connectivity index is 1.62. The lowest BCUT2D eigenvalue weighted by Gasteiger charge is -2.60. The molecule has 0 aromatic carbocycles. The summed E-state index contributed by atoms with van der Waals surface area (Å²) in [7, 11) is 0. The van der Waals surface area contributed by atoms with Crippen LogP contribution < -0.4 is 0 Å². The number of carbonyl (C=O) groups excluding carboxylic acids is 1. The smallest absolute Gasteiger partial charge is 0.364 e. The molecule has 0 amide bonds. The number of carbonyl (C=O) groups is 2. The summed E-state index contributed by atoms with van der Waals surface area (Å²) >= 11 is 0. The van der Waals surface area contributed by atoms with Gasteiger partial charge in [-0.05, 0) is 105 Å². The molecule has 0 spiro atoms. The van der Waals surface area contributed by atoms with Crippen LogP contribution in [0.15, 0.2) is 11.6 Å². The second-order valence-electron chi connectivity index (χ2n) is 12.5. The molecule has 0 aromatic rings. The molecule has 198 valence electrons. The van der Waals surface area contributed by atoms with Crippen molar-refractivity contribution >= 4 is 11.8 Å². The molecular weight excluding hydrogens is 440 g/mol. The second kappa shape index (κ2) is 9.93. The van der Waals surface area contributed by atoms with Gasteiger partial charge in [0.15, 0.2) is 5.78 Å². The Labute approximate surface area is 212 Å². The molecule has 0 saturated heterocycles. The van der Waals surface area contributed by atoms with E-state index in [0.29, 0.717) is 49.1 Å². The Kier molecular flexibility index (Phi) is 7.62. The number of aliphatic carboxylic acids is 1. The van der Waals surface area contributed by atoms with E-state index in [1.165, 1.54) is 25.7 Å². The summed E-state index contributed by atoms with van der Waals surface area (Å²) in [4.78, 5) is 26.3. The number of carboxylic acids is 1. The summed E-state index contributed by atoms with van der Waals surface area (Å²) < 4.78 is 11.5. The largest absolute Gasteiger partial charge is 0.477 e. The Morgan fingerprint density at radius 1 is 1.06 bits per heavy atom. The van der Waals surface area contributed by atoms with Crippen LogP contribution >= 0.6 is 0 Å². The van der Waals surface area contributed by atoms with Crippen LogP contribution in [0.2, 0.25) is 0 Å². The van der Waals surface area contributed by atoms with E-state index in [0.717, 1.165) is 31.3 Å². The average molecular weight is 489 g/mol. The lowest BCUT2D eigenvalue weighted by molar-refractivity contribution is -0.250. The fraction of sp³-hybridized carbons (Fsp3) is 0.867. The van der Waals surface area contributed by atoms with Crippen molar-refractivity contribution in [1.82, 2.24) is 0 Å². The lowest BCUT2D eigenvalue weighted by atomic mass is 9.43.